The fraction of sp³-hybridized carbons (Fsp3) is 0.267. The molecule has 1 N–H and O–H groups in total. The molecule has 6 rings (SSSR count). The minimum absolute atomic E-state index is 0.0928. The van der Waals surface area contributed by atoms with Gasteiger partial charge in [0.05, 0.1) is 16.8 Å². The fourth-order valence-corrected chi connectivity index (χ4v) is 7.02. The summed E-state index contributed by atoms with van der Waals surface area (Å²) in [4.78, 5) is 28.4. The standard InChI is InChI=1S/C30H26F2N2O3S/c1-17-10-11-21-27(26(17)32)33(18(2)28(21)38-20-7-3-6-19(14-20)29(36)37)15-24(35)34-16-30(12-5-13-30)25-22(31)8-4-9-23(25)34/h3-4,6-11,14H,5,12-13,15-16H2,1-2H3,(H,36,37). The zero-order valence-corrected chi connectivity index (χ0v) is 21.9. The number of anilines is 1. The van der Waals surface area contributed by atoms with Gasteiger partial charge in [0, 0.05) is 38.4 Å². The van der Waals surface area contributed by atoms with Crippen molar-refractivity contribution >= 4 is 40.2 Å². The Kier molecular flexibility index (Phi) is 5.83. The quantitative estimate of drug-likeness (QED) is 0.305. The Morgan fingerprint density at radius 3 is 2.53 bits per heavy atom. The van der Waals surface area contributed by atoms with Crippen LogP contribution >= 0.6 is 11.8 Å². The van der Waals surface area contributed by atoms with Gasteiger partial charge in [0.2, 0.25) is 5.91 Å². The Bertz CT molecular complexity index is 1640. The van der Waals surface area contributed by atoms with Gasteiger partial charge < -0.3 is 14.6 Å². The Balaban J connectivity index is 1.41. The van der Waals surface area contributed by atoms with Gasteiger partial charge in [-0.25, -0.2) is 13.6 Å². The number of hydrogen-bond donors (Lipinski definition) is 1. The van der Waals surface area contributed by atoms with Crippen LogP contribution in [0.2, 0.25) is 0 Å². The van der Waals surface area contributed by atoms with Crippen molar-refractivity contribution in [3.05, 3.63) is 88.6 Å². The maximum atomic E-state index is 15.6. The smallest absolute Gasteiger partial charge is 0.335 e. The van der Waals surface area contributed by atoms with E-state index >= 15 is 4.39 Å². The summed E-state index contributed by atoms with van der Waals surface area (Å²) in [6.07, 6.45) is 2.70. The van der Waals surface area contributed by atoms with E-state index in [9.17, 15) is 19.1 Å². The molecule has 0 saturated heterocycles. The van der Waals surface area contributed by atoms with Gasteiger partial charge in [-0.15, -0.1) is 0 Å². The van der Waals surface area contributed by atoms with Gasteiger partial charge in [-0.3, -0.25) is 4.79 Å². The molecule has 0 atom stereocenters. The summed E-state index contributed by atoms with van der Waals surface area (Å²) in [5.74, 6) is -1.91. The van der Waals surface area contributed by atoms with Crippen LogP contribution in [0.15, 0.2) is 64.4 Å². The van der Waals surface area contributed by atoms with Crippen molar-refractivity contribution in [1.29, 1.82) is 0 Å². The number of aryl methyl sites for hydroxylation is 1. The van der Waals surface area contributed by atoms with E-state index in [1.165, 1.54) is 23.9 Å². The number of halogens is 2. The zero-order valence-electron chi connectivity index (χ0n) is 21.1. The summed E-state index contributed by atoms with van der Waals surface area (Å²) < 4.78 is 32.2. The highest BCUT2D eigenvalue weighted by molar-refractivity contribution is 7.99. The van der Waals surface area contributed by atoms with Crippen LogP contribution in [-0.4, -0.2) is 28.1 Å². The predicted octanol–water partition coefficient (Wildman–Crippen LogP) is 6.85. The molecule has 8 heteroatoms. The molecule has 1 aliphatic heterocycles. The molecule has 38 heavy (non-hydrogen) atoms. The molecule has 1 saturated carbocycles. The average molecular weight is 533 g/mol. The maximum Gasteiger partial charge on any atom is 0.335 e. The van der Waals surface area contributed by atoms with E-state index in [-0.39, 0.29) is 29.2 Å². The topological polar surface area (TPSA) is 62.5 Å². The lowest BCUT2D eigenvalue weighted by Crippen LogP contribution is -2.42. The normalized spacial score (nSPS) is 15.6. The number of carbonyl (C=O) groups is 2. The van der Waals surface area contributed by atoms with Gasteiger partial charge in [0.1, 0.15) is 18.2 Å². The molecule has 1 aromatic heterocycles. The largest absolute Gasteiger partial charge is 0.478 e. The van der Waals surface area contributed by atoms with Crippen molar-refractivity contribution in [2.45, 2.75) is 54.9 Å². The van der Waals surface area contributed by atoms with Crippen LogP contribution in [0, 0.1) is 25.5 Å². The number of hydrogen-bond acceptors (Lipinski definition) is 3. The Hall–Kier alpha value is -3.65. The third-order valence-corrected chi connectivity index (χ3v) is 9.25. The first kappa shape index (κ1) is 24.7. The van der Waals surface area contributed by atoms with Crippen molar-refractivity contribution in [1.82, 2.24) is 4.57 Å². The predicted molar refractivity (Wildman–Crippen MR) is 143 cm³/mol. The number of carboxylic acids is 1. The molecule has 1 spiro atoms. The molecule has 0 bridgehead atoms. The highest BCUT2D eigenvalue weighted by Crippen LogP contribution is 2.53. The lowest BCUT2D eigenvalue weighted by Gasteiger charge is -2.39. The molecule has 5 nitrogen and oxygen atoms in total. The second kappa shape index (κ2) is 8.98. The van der Waals surface area contributed by atoms with E-state index in [4.69, 9.17) is 0 Å². The Labute approximate surface area is 223 Å². The molecule has 3 aromatic carbocycles. The number of aromatic nitrogens is 1. The third kappa shape index (κ3) is 3.73. The lowest BCUT2D eigenvalue weighted by molar-refractivity contribution is -0.119. The molecule has 194 valence electrons. The molecule has 2 aliphatic rings. The zero-order chi connectivity index (χ0) is 26.8. The van der Waals surface area contributed by atoms with Crippen LogP contribution in [0.25, 0.3) is 10.9 Å². The first-order chi connectivity index (χ1) is 18.2. The van der Waals surface area contributed by atoms with Crippen LogP contribution in [0.3, 0.4) is 0 Å². The van der Waals surface area contributed by atoms with Crippen molar-refractivity contribution < 1.29 is 23.5 Å². The van der Waals surface area contributed by atoms with Crippen LogP contribution in [0.1, 0.15) is 46.4 Å². The van der Waals surface area contributed by atoms with Gasteiger partial charge in [-0.05, 0) is 62.6 Å². The van der Waals surface area contributed by atoms with E-state index in [1.54, 1.807) is 46.7 Å². The summed E-state index contributed by atoms with van der Waals surface area (Å²) in [6, 6.07) is 15.0. The highest BCUT2D eigenvalue weighted by Gasteiger charge is 2.50. The SMILES string of the molecule is Cc1ccc2c(Sc3cccc(C(=O)O)c3)c(C)n(CC(=O)N3CC4(CCC4)c4c(F)cccc43)c2c1F. The van der Waals surface area contributed by atoms with E-state index in [1.807, 2.05) is 19.1 Å². The monoisotopic (exact) mass is 532 g/mol. The number of aromatic carboxylic acids is 1. The minimum Gasteiger partial charge on any atom is -0.478 e. The number of rotatable bonds is 5. The molecule has 4 aromatic rings. The minimum atomic E-state index is -1.02. The second-order valence-electron chi connectivity index (χ2n) is 10.3. The molecule has 0 unspecified atom stereocenters. The van der Waals surface area contributed by atoms with Crippen LogP contribution in [-0.2, 0) is 16.8 Å². The molecule has 1 fully saturated rings. The Morgan fingerprint density at radius 2 is 1.82 bits per heavy atom. The first-order valence-electron chi connectivity index (χ1n) is 12.6. The summed E-state index contributed by atoms with van der Waals surface area (Å²) in [5.41, 5.74) is 2.59. The lowest BCUT2D eigenvalue weighted by atomic mass is 9.65. The number of benzene rings is 3. The van der Waals surface area contributed by atoms with Crippen LogP contribution in [0.4, 0.5) is 14.5 Å². The first-order valence-corrected chi connectivity index (χ1v) is 13.4. The molecule has 2 heterocycles. The second-order valence-corrected chi connectivity index (χ2v) is 11.4. The summed E-state index contributed by atoms with van der Waals surface area (Å²) in [7, 11) is 0. The van der Waals surface area contributed by atoms with Gasteiger partial charge in [-0.1, -0.05) is 42.4 Å². The average Bonchev–Trinajstić information content (AvgIpc) is 3.37. The van der Waals surface area contributed by atoms with Crippen LogP contribution in [0.5, 0.6) is 0 Å². The van der Waals surface area contributed by atoms with Crippen molar-refractivity contribution in [3.63, 3.8) is 0 Å². The number of carbonyl (C=O) groups excluding carboxylic acids is 1. The van der Waals surface area contributed by atoms with E-state index in [0.29, 0.717) is 44.9 Å². The van der Waals surface area contributed by atoms with Crippen molar-refractivity contribution in [2.24, 2.45) is 0 Å². The van der Waals surface area contributed by atoms with E-state index in [2.05, 4.69) is 0 Å². The number of fused-ring (bicyclic) bond motifs is 3. The number of nitrogens with zero attached hydrogens (tertiary/aromatic N) is 2. The van der Waals surface area contributed by atoms with Crippen LogP contribution < -0.4 is 4.90 Å². The van der Waals surface area contributed by atoms with Gasteiger partial charge >= 0.3 is 5.97 Å². The number of carboxylic acid groups (broad SMARTS) is 1. The van der Waals surface area contributed by atoms with E-state index < -0.39 is 11.8 Å². The molecular formula is C30H26F2N2O3S. The van der Waals surface area contributed by atoms with Gasteiger partial charge in [0.15, 0.2) is 0 Å². The maximum absolute atomic E-state index is 15.6. The highest BCUT2D eigenvalue weighted by atomic mass is 32.2. The fourth-order valence-electron chi connectivity index (χ4n) is 5.92. The molecule has 1 aliphatic carbocycles. The van der Waals surface area contributed by atoms with Gasteiger partial charge in [0.25, 0.3) is 0 Å². The Morgan fingerprint density at radius 1 is 1.05 bits per heavy atom. The van der Waals surface area contributed by atoms with E-state index in [0.717, 1.165) is 24.2 Å². The molecule has 1 amide bonds. The van der Waals surface area contributed by atoms with Crippen molar-refractivity contribution in [3.8, 4) is 0 Å². The summed E-state index contributed by atoms with van der Waals surface area (Å²) in [5, 5.41) is 10.1. The summed E-state index contributed by atoms with van der Waals surface area (Å²) in [6.45, 7) is 3.87. The van der Waals surface area contributed by atoms with Gasteiger partial charge in [-0.2, -0.15) is 0 Å². The third-order valence-electron chi connectivity index (χ3n) is 8.04. The molecule has 0 radical (unpaired) electrons. The number of amides is 1. The molecular weight excluding hydrogens is 506 g/mol. The van der Waals surface area contributed by atoms with Crippen molar-refractivity contribution in [2.75, 3.05) is 11.4 Å². The summed E-state index contributed by atoms with van der Waals surface area (Å²) >= 11 is 1.35.